The molecule has 0 spiro atoms. The number of aryl methyl sites for hydroxylation is 2. The van der Waals surface area contributed by atoms with Crippen LogP contribution in [-0.2, 0) is 19.1 Å². The number of rotatable bonds is 8. The first-order valence-electron chi connectivity index (χ1n) is 11.8. The van der Waals surface area contributed by atoms with Crippen molar-refractivity contribution in [3.63, 3.8) is 0 Å². The van der Waals surface area contributed by atoms with Gasteiger partial charge < -0.3 is 19.9 Å². The third-order valence-corrected chi connectivity index (χ3v) is 6.89. The van der Waals surface area contributed by atoms with Gasteiger partial charge in [0.05, 0.1) is 11.1 Å². The maximum Gasteiger partial charge on any atom is 0.349 e. The van der Waals surface area contributed by atoms with Crippen LogP contribution < -0.4 is 5.32 Å². The third-order valence-electron chi connectivity index (χ3n) is 6.89. The first-order valence-corrected chi connectivity index (χ1v) is 11.8. The number of esters is 2. The Morgan fingerprint density at radius 1 is 0.800 bits per heavy atom. The minimum Gasteiger partial charge on any atom is -0.478 e. The van der Waals surface area contributed by atoms with Crippen molar-refractivity contribution in [2.45, 2.75) is 57.8 Å². The number of carboxylic acid groups (broad SMARTS) is 1. The number of benzene rings is 2. The van der Waals surface area contributed by atoms with Crippen LogP contribution >= 0.6 is 0 Å². The van der Waals surface area contributed by atoms with Crippen LogP contribution in [0.3, 0.4) is 0 Å². The standard InChI is InChI=1S/C27H29NO7/c1-15-3-8-18(9-4-15)26(32)34-22(24(29)28-21-14-17-7-12-20(21)13-17)23(25(30)31)35-27(33)19-10-5-16(2)6-11-19/h3-6,8-11,17,20-23H,7,12-14H2,1-2H3,(H,28,29)(H,30,31)/t17-,20-,21+,22+,23-/m0/s1. The Balaban J connectivity index is 1.56. The Labute approximate surface area is 203 Å². The predicted molar refractivity (Wildman–Crippen MR) is 126 cm³/mol. The molecule has 5 atom stereocenters. The van der Waals surface area contributed by atoms with Gasteiger partial charge in [-0.2, -0.15) is 0 Å². The molecule has 0 saturated heterocycles. The summed E-state index contributed by atoms with van der Waals surface area (Å²) in [6.45, 7) is 3.70. The summed E-state index contributed by atoms with van der Waals surface area (Å²) in [4.78, 5) is 50.9. The third kappa shape index (κ3) is 5.70. The molecule has 0 unspecified atom stereocenters. The number of fused-ring (bicyclic) bond motifs is 2. The minimum absolute atomic E-state index is 0.121. The monoisotopic (exact) mass is 479 g/mol. The van der Waals surface area contributed by atoms with Gasteiger partial charge in [-0.3, -0.25) is 4.79 Å². The van der Waals surface area contributed by atoms with Crippen molar-refractivity contribution in [1.82, 2.24) is 5.32 Å². The van der Waals surface area contributed by atoms with Crippen molar-refractivity contribution >= 4 is 23.8 Å². The summed E-state index contributed by atoms with van der Waals surface area (Å²) >= 11 is 0. The molecule has 0 heterocycles. The maximum absolute atomic E-state index is 13.3. The topological polar surface area (TPSA) is 119 Å². The predicted octanol–water partition coefficient (Wildman–Crippen LogP) is 3.44. The number of carboxylic acids is 1. The summed E-state index contributed by atoms with van der Waals surface area (Å²) in [6.07, 6.45) is 0.0641. The first kappa shape index (κ1) is 24.4. The zero-order chi connectivity index (χ0) is 25.1. The molecule has 35 heavy (non-hydrogen) atoms. The van der Waals surface area contributed by atoms with E-state index in [0.717, 1.165) is 36.8 Å². The van der Waals surface area contributed by atoms with Crippen LogP contribution in [0, 0.1) is 25.7 Å². The Hall–Kier alpha value is -3.68. The Morgan fingerprint density at radius 2 is 1.31 bits per heavy atom. The molecule has 0 aromatic heterocycles. The van der Waals surface area contributed by atoms with Crippen molar-refractivity contribution in [1.29, 1.82) is 0 Å². The van der Waals surface area contributed by atoms with Crippen molar-refractivity contribution in [2.24, 2.45) is 11.8 Å². The van der Waals surface area contributed by atoms with Crippen LogP contribution in [-0.4, -0.2) is 47.2 Å². The van der Waals surface area contributed by atoms with Crippen molar-refractivity contribution in [3.05, 3.63) is 70.8 Å². The number of hydrogen-bond donors (Lipinski definition) is 2. The Bertz CT molecular complexity index is 1110. The molecule has 4 rings (SSSR count). The van der Waals surface area contributed by atoms with E-state index in [-0.39, 0.29) is 17.2 Å². The van der Waals surface area contributed by atoms with Crippen LogP contribution in [0.15, 0.2) is 48.5 Å². The van der Waals surface area contributed by atoms with E-state index in [0.29, 0.717) is 11.8 Å². The van der Waals surface area contributed by atoms with Gasteiger partial charge in [-0.1, -0.05) is 41.8 Å². The first-order chi connectivity index (χ1) is 16.7. The van der Waals surface area contributed by atoms with Gasteiger partial charge in [0.1, 0.15) is 0 Å². The molecule has 2 N–H and O–H groups in total. The number of carbonyl (C=O) groups is 4. The second-order valence-electron chi connectivity index (χ2n) is 9.51. The number of aliphatic carboxylic acids is 1. The number of hydrogen-bond acceptors (Lipinski definition) is 6. The van der Waals surface area contributed by atoms with Crippen LogP contribution in [0.25, 0.3) is 0 Å². The Kier molecular flexibility index (Phi) is 7.19. The molecule has 2 aromatic carbocycles. The Morgan fingerprint density at radius 3 is 1.74 bits per heavy atom. The molecule has 184 valence electrons. The van der Waals surface area contributed by atoms with Gasteiger partial charge in [0.15, 0.2) is 0 Å². The highest BCUT2D eigenvalue weighted by molar-refractivity contribution is 5.96. The molecule has 2 aliphatic rings. The van der Waals surface area contributed by atoms with Crippen molar-refractivity contribution < 1.29 is 33.8 Å². The fourth-order valence-electron chi connectivity index (χ4n) is 4.93. The molecular weight excluding hydrogens is 450 g/mol. The fraction of sp³-hybridized carbons (Fsp3) is 0.407. The van der Waals surface area contributed by atoms with Crippen molar-refractivity contribution in [2.75, 3.05) is 0 Å². The molecule has 0 aliphatic heterocycles. The lowest BCUT2D eigenvalue weighted by Crippen LogP contribution is -2.53. The summed E-state index contributed by atoms with van der Waals surface area (Å²) < 4.78 is 10.6. The number of carbonyl (C=O) groups excluding carboxylic acids is 3. The summed E-state index contributed by atoms with van der Waals surface area (Å²) in [5.41, 5.74) is 2.11. The van der Waals surface area contributed by atoms with Gasteiger partial charge in [0.2, 0.25) is 12.2 Å². The van der Waals surface area contributed by atoms with E-state index in [1.165, 1.54) is 24.3 Å². The molecule has 2 bridgehead atoms. The van der Waals surface area contributed by atoms with E-state index in [1.807, 2.05) is 13.8 Å². The number of nitrogens with one attached hydrogen (secondary N) is 1. The van der Waals surface area contributed by atoms with E-state index in [9.17, 15) is 24.3 Å². The summed E-state index contributed by atoms with van der Waals surface area (Å²) in [7, 11) is 0. The fourth-order valence-corrected chi connectivity index (χ4v) is 4.93. The normalized spacial score (nSPS) is 22.2. The van der Waals surface area contributed by atoms with Gasteiger partial charge >= 0.3 is 17.9 Å². The summed E-state index contributed by atoms with van der Waals surface area (Å²) in [6, 6.07) is 12.7. The average Bonchev–Trinajstić information content (AvgIpc) is 3.45. The van der Waals surface area contributed by atoms with E-state index >= 15 is 0 Å². The molecule has 2 saturated carbocycles. The molecule has 2 aliphatic carbocycles. The van der Waals surface area contributed by atoms with Crippen LogP contribution in [0.4, 0.5) is 0 Å². The van der Waals surface area contributed by atoms with Gasteiger partial charge in [-0.15, -0.1) is 0 Å². The summed E-state index contributed by atoms with van der Waals surface area (Å²) in [5.74, 6) is -3.33. The second kappa shape index (κ2) is 10.3. The lowest BCUT2D eigenvalue weighted by Gasteiger charge is -2.28. The van der Waals surface area contributed by atoms with Gasteiger partial charge in [0.25, 0.3) is 5.91 Å². The highest BCUT2D eigenvalue weighted by atomic mass is 16.6. The highest BCUT2D eigenvalue weighted by Gasteiger charge is 2.45. The zero-order valence-electron chi connectivity index (χ0n) is 19.7. The molecule has 8 nitrogen and oxygen atoms in total. The van der Waals surface area contributed by atoms with Gasteiger partial charge in [0, 0.05) is 6.04 Å². The molecular formula is C27H29NO7. The summed E-state index contributed by atoms with van der Waals surface area (Å²) in [5, 5.41) is 12.7. The van der Waals surface area contributed by atoms with E-state index < -0.39 is 36.0 Å². The molecule has 0 radical (unpaired) electrons. The molecule has 2 fully saturated rings. The maximum atomic E-state index is 13.3. The van der Waals surface area contributed by atoms with E-state index in [1.54, 1.807) is 24.3 Å². The number of amides is 1. The van der Waals surface area contributed by atoms with Crippen molar-refractivity contribution in [3.8, 4) is 0 Å². The zero-order valence-corrected chi connectivity index (χ0v) is 19.7. The largest absolute Gasteiger partial charge is 0.478 e. The lowest BCUT2D eigenvalue weighted by molar-refractivity contribution is -0.159. The average molecular weight is 480 g/mol. The van der Waals surface area contributed by atoms with E-state index in [2.05, 4.69) is 5.32 Å². The van der Waals surface area contributed by atoms with Crippen LogP contribution in [0.5, 0.6) is 0 Å². The lowest BCUT2D eigenvalue weighted by atomic mass is 9.95. The smallest absolute Gasteiger partial charge is 0.349 e. The van der Waals surface area contributed by atoms with Crippen LogP contribution in [0.2, 0.25) is 0 Å². The number of ether oxygens (including phenoxy) is 2. The SMILES string of the molecule is Cc1ccc(C(=O)O[C@H](C(=O)O)[C@@H](OC(=O)c2ccc(C)cc2)C(=O)N[C@@H]2C[C@H]3CC[C@H]2C3)cc1. The second-order valence-corrected chi connectivity index (χ2v) is 9.51. The molecule has 1 amide bonds. The van der Waals surface area contributed by atoms with Gasteiger partial charge in [-0.25, -0.2) is 14.4 Å². The van der Waals surface area contributed by atoms with Crippen LogP contribution in [0.1, 0.15) is 57.5 Å². The van der Waals surface area contributed by atoms with Gasteiger partial charge in [-0.05, 0) is 69.2 Å². The minimum atomic E-state index is -2.02. The highest BCUT2D eigenvalue weighted by Crippen LogP contribution is 2.44. The quantitative estimate of drug-likeness (QED) is 0.557. The molecule has 8 heteroatoms. The molecule has 2 aromatic rings. The van der Waals surface area contributed by atoms with E-state index in [4.69, 9.17) is 9.47 Å².